The maximum atomic E-state index is 11.7. The molecule has 0 aromatic heterocycles. The van der Waals surface area contributed by atoms with E-state index in [0.717, 1.165) is 6.92 Å². The van der Waals surface area contributed by atoms with Gasteiger partial charge in [-0.1, -0.05) is 0 Å². The molecule has 0 bridgehead atoms. The summed E-state index contributed by atoms with van der Waals surface area (Å²) in [6.07, 6.45) is -4.96. The number of allylic oxidation sites excluding steroid dienone is 1. The summed E-state index contributed by atoms with van der Waals surface area (Å²) in [6, 6.07) is 0. The molecule has 2 nitrogen and oxygen atoms in total. The molecule has 76 valence electrons. The Labute approximate surface area is 74.4 Å². The zero-order chi connectivity index (χ0) is 10.6. The Kier molecular flexibility index (Phi) is 3.97. The summed E-state index contributed by atoms with van der Waals surface area (Å²) in [5.74, 6) is -0.938. The molecule has 0 saturated carbocycles. The van der Waals surface area contributed by atoms with Crippen molar-refractivity contribution in [1.29, 1.82) is 0 Å². The van der Waals surface area contributed by atoms with E-state index in [2.05, 4.69) is 4.74 Å². The van der Waals surface area contributed by atoms with Crippen molar-refractivity contribution in [2.24, 2.45) is 0 Å². The molecule has 0 radical (unpaired) electrons. The van der Waals surface area contributed by atoms with E-state index < -0.39 is 23.8 Å². The van der Waals surface area contributed by atoms with Gasteiger partial charge in [-0.2, -0.15) is 13.2 Å². The number of ether oxygens (including phenoxy) is 1. The molecule has 0 rings (SSSR count). The smallest absolute Gasteiger partial charge is 0.410 e. The molecule has 0 N–H and O–H groups in total. The van der Waals surface area contributed by atoms with Crippen molar-refractivity contribution in [1.82, 2.24) is 0 Å². The van der Waals surface area contributed by atoms with Gasteiger partial charge in [-0.25, -0.2) is 4.79 Å². The lowest BCUT2D eigenvalue weighted by Gasteiger charge is -2.08. The Morgan fingerprint density at radius 2 is 1.85 bits per heavy atom. The molecule has 0 heterocycles. The summed E-state index contributed by atoms with van der Waals surface area (Å²) in [5.41, 5.74) is -0.443. The second kappa shape index (κ2) is 4.30. The number of hydrogen-bond donors (Lipinski definition) is 0. The zero-order valence-electron chi connectivity index (χ0n) is 7.61. The Morgan fingerprint density at radius 1 is 1.38 bits per heavy atom. The Hall–Kier alpha value is -1.00. The molecule has 0 saturated heterocycles. The van der Waals surface area contributed by atoms with Gasteiger partial charge in [0.05, 0.1) is 6.10 Å². The predicted molar refractivity (Wildman–Crippen MR) is 41.0 cm³/mol. The molecule has 0 spiro atoms. The maximum Gasteiger partial charge on any atom is 0.410 e. The summed E-state index contributed by atoms with van der Waals surface area (Å²) in [4.78, 5) is 10.8. The molecular formula is C8H11F3O2. The third-order valence-corrected chi connectivity index (χ3v) is 1.04. The summed E-state index contributed by atoms with van der Waals surface area (Å²) in [5, 5.41) is 0. The van der Waals surface area contributed by atoms with Crippen LogP contribution in [0.15, 0.2) is 11.6 Å². The number of hydrogen-bond acceptors (Lipinski definition) is 2. The Balaban J connectivity index is 4.34. The van der Waals surface area contributed by atoms with Crippen molar-refractivity contribution < 1.29 is 22.7 Å². The van der Waals surface area contributed by atoms with Gasteiger partial charge >= 0.3 is 12.1 Å². The average molecular weight is 196 g/mol. The van der Waals surface area contributed by atoms with E-state index in [1.54, 1.807) is 13.8 Å². The van der Waals surface area contributed by atoms with Crippen LogP contribution in [-0.4, -0.2) is 18.2 Å². The standard InChI is InChI=1S/C8H11F3O2/c1-5(2)13-7(12)6(3)4-8(9,10)11/h4-5H,1-3H3/b6-4+. The lowest BCUT2D eigenvalue weighted by Crippen LogP contribution is -2.14. The van der Waals surface area contributed by atoms with E-state index in [1.165, 1.54) is 0 Å². The summed E-state index contributed by atoms with van der Waals surface area (Å²) in [6.45, 7) is 4.20. The van der Waals surface area contributed by atoms with Crippen molar-refractivity contribution in [3.63, 3.8) is 0 Å². The highest BCUT2D eigenvalue weighted by molar-refractivity contribution is 5.87. The van der Waals surface area contributed by atoms with Crippen LogP contribution >= 0.6 is 0 Å². The van der Waals surface area contributed by atoms with Crippen molar-refractivity contribution in [2.45, 2.75) is 33.1 Å². The van der Waals surface area contributed by atoms with Crippen molar-refractivity contribution in [3.8, 4) is 0 Å². The third kappa shape index (κ3) is 6.19. The minimum Gasteiger partial charge on any atom is -0.460 e. The fourth-order valence-electron chi connectivity index (χ4n) is 0.611. The Morgan fingerprint density at radius 3 is 2.15 bits per heavy atom. The lowest BCUT2D eigenvalue weighted by atomic mass is 10.3. The summed E-state index contributed by atoms with van der Waals surface area (Å²) >= 11 is 0. The number of rotatable bonds is 2. The highest BCUT2D eigenvalue weighted by Crippen LogP contribution is 2.19. The normalized spacial score (nSPS) is 13.3. The van der Waals surface area contributed by atoms with Crippen LogP contribution in [0, 0.1) is 0 Å². The number of esters is 1. The summed E-state index contributed by atoms with van der Waals surface area (Å²) < 4.78 is 39.7. The van der Waals surface area contributed by atoms with Crippen molar-refractivity contribution in [2.75, 3.05) is 0 Å². The molecule has 0 aromatic carbocycles. The first-order chi connectivity index (χ1) is 5.72. The molecule has 0 unspecified atom stereocenters. The second-order valence-corrected chi connectivity index (χ2v) is 2.82. The highest BCUT2D eigenvalue weighted by Gasteiger charge is 2.25. The first-order valence-corrected chi connectivity index (χ1v) is 3.69. The third-order valence-electron chi connectivity index (χ3n) is 1.04. The molecule has 0 aliphatic rings. The molecule has 0 aliphatic heterocycles. The van der Waals surface area contributed by atoms with Crippen LogP contribution in [0.1, 0.15) is 20.8 Å². The number of carbonyl (C=O) groups excluding carboxylic acids is 1. The van der Waals surface area contributed by atoms with Crippen LogP contribution < -0.4 is 0 Å². The van der Waals surface area contributed by atoms with Crippen LogP contribution in [-0.2, 0) is 9.53 Å². The van der Waals surface area contributed by atoms with Crippen molar-refractivity contribution >= 4 is 5.97 Å². The fourth-order valence-corrected chi connectivity index (χ4v) is 0.611. The second-order valence-electron chi connectivity index (χ2n) is 2.82. The molecule has 13 heavy (non-hydrogen) atoms. The van der Waals surface area contributed by atoms with Gasteiger partial charge in [0.15, 0.2) is 0 Å². The van der Waals surface area contributed by atoms with Gasteiger partial charge in [0.1, 0.15) is 0 Å². The number of alkyl halides is 3. The molecular weight excluding hydrogens is 185 g/mol. The van der Waals surface area contributed by atoms with E-state index in [1.807, 2.05) is 0 Å². The van der Waals surface area contributed by atoms with E-state index >= 15 is 0 Å². The molecule has 0 aromatic rings. The van der Waals surface area contributed by atoms with Gasteiger partial charge in [0, 0.05) is 11.6 Å². The van der Waals surface area contributed by atoms with Crippen LogP contribution in [0.25, 0.3) is 0 Å². The van der Waals surface area contributed by atoms with Gasteiger partial charge in [-0.05, 0) is 20.8 Å². The molecule has 0 fully saturated rings. The molecule has 0 atom stereocenters. The van der Waals surface area contributed by atoms with Crippen LogP contribution in [0.5, 0.6) is 0 Å². The SMILES string of the molecule is C/C(=C\C(F)(F)F)C(=O)OC(C)C. The zero-order valence-corrected chi connectivity index (χ0v) is 7.61. The highest BCUT2D eigenvalue weighted by atomic mass is 19.4. The maximum absolute atomic E-state index is 11.7. The molecule has 5 heteroatoms. The minimum atomic E-state index is -4.47. The van der Waals surface area contributed by atoms with Crippen LogP contribution in [0.2, 0.25) is 0 Å². The summed E-state index contributed by atoms with van der Waals surface area (Å²) in [7, 11) is 0. The Bertz CT molecular complexity index is 216. The van der Waals surface area contributed by atoms with Gasteiger partial charge in [0.2, 0.25) is 0 Å². The quantitative estimate of drug-likeness (QED) is 0.501. The first-order valence-electron chi connectivity index (χ1n) is 3.69. The number of carbonyl (C=O) groups is 1. The van der Waals surface area contributed by atoms with Gasteiger partial charge in [-0.15, -0.1) is 0 Å². The first kappa shape index (κ1) is 12.0. The fraction of sp³-hybridized carbons (Fsp3) is 0.625. The van der Waals surface area contributed by atoms with Crippen LogP contribution in [0.4, 0.5) is 13.2 Å². The van der Waals surface area contributed by atoms with E-state index in [9.17, 15) is 18.0 Å². The van der Waals surface area contributed by atoms with Gasteiger partial charge in [0.25, 0.3) is 0 Å². The largest absolute Gasteiger partial charge is 0.460 e. The molecule has 0 amide bonds. The minimum absolute atomic E-state index is 0.0717. The topological polar surface area (TPSA) is 26.3 Å². The molecule has 0 aliphatic carbocycles. The predicted octanol–water partition coefficient (Wildman–Crippen LogP) is 2.45. The van der Waals surface area contributed by atoms with Crippen molar-refractivity contribution in [3.05, 3.63) is 11.6 Å². The van der Waals surface area contributed by atoms with E-state index in [-0.39, 0.29) is 6.08 Å². The van der Waals surface area contributed by atoms with E-state index in [0.29, 0.717) is 0 Å². The number of halogens is 3. The lowest BCUT2D eigenvalue weighted by molar-refractivity contribution is -0.143. The monoisotopic (exact) mass is 196 g/mol. The van der Waals surface area contributed by atoms with Crippen LogP contribution in [0.3, 0.4) is 0 Å². The van der Waals surface area contributed by atoms with E-state index in [4.69, 9.17) is 0 Å². The average Bonchev–Trinajstić information content (AvgIpc) is 1.81. The van der Waals surface area contributed by atoms with Gasteiger partial charge < -0.3 is 4.74 Å². The van der Waals surface area contributed by atoms with Gasteiger partial charge in [-0.3, -0.25) is 0 Å².